The van der Waals surface area contributed by atoms with Crippen molar-refractivity contribution in [3.8, 4) is 22.9 Å². The number of aryl methyl sites for hydroxylation is 1. The van der Waals surface area contributed by atoms with Gasteiger partial charge in [0.25, 0.3) is 10.0 Å². The Balaban J connectivity index is 1.50. The van der Waals surface area contributed by atoms with Crippen molar-refractivity contribution in [2.24, 2.45) is 13.0 Å². The van der Waals surface area contributed by atoms with Crippen LogP contribution in [-0.4, -0.2) is 71.2 Å². The molecule has 1 aliphatic heterocycles. The van der Waals surface area contributed by atoms with E-state index in [1.54, 1.807) is 7.05 Å². The van der Waals surface area contributed by atoms with Crippen LogP contribution in [0.2, 0.25) is 0 Å². The van der Waals surface area contributed by atoms with E-state index >= 15 is 0 Å². The summed E-state index contributed by atoms with van der Waals surface area (Å²) in [5, 5.41) is 4.00. The average molecular weight is 604 g/mol. The number of likely N-dealkylation sites (N-methyl/N-ethyl adjacent to an activating group) is 1. The predicted octanol–water partition coefficient (Wildman–Crippen LogP) is 4.98. The summed E-state index contributed by atoms with van der Waals surface area (Å²) >= 11 is 0. The molecule has 43 heavy (non-hydrogen) atoms. The van der Waals surface area contributed by atoms with Gasteiger partial charge in [-0.25, -0.2) is 18.1 Å². The van der Waals surface area contributed by atoms with Gasteiger partial charge in [0, 0.05) is 57.1 Å². The Morgan fingerprint density at radius 3 is 2.35 bits per heavy atom. The van der Waals surface area contributed by atoms with E-state index in [4.69, 9.17) is 9.72 Å². The van der Waals surface area contributed by atoms with Crippen molar-refractivity contribution in [2.45, 2.75) is 45.1 Å². The molecular formula is C32H41N7O3S. The van der Waals surface area contributed by atoms with Gasteiger partial charge in [0.05, 0.1) is 11.9 Å². The fraction of sp³-hybridized carbons (Fsp3) is 0.406. The van der Waals surface area contributed by atoms with Gasteiger partial charge in [-0.3, -0.25) is 9.58 Å². The van der Waals surface area contributed by atoms with E-state index in [0.29, 0.717) is 29.7 Å². The van der Waals surface area contributed by atoms with Gasteiger partial charge in [0.1, 0.15) is 10.6 Å². The van der Waals surface area contributed by atoms with Gasteiger partial charge in [-0.2, -0.15) is 10.1 Å². The molecule has 3 heterocycles. The van der Waals surface area contributed by atoms with Crippen LogP contribution >= 0.6 is 0 Å². The lowest BCUT2D eigenvalue weighted by Gasteiger charge is -2.32. The number of hydrogen-bond donors (Lipinski definition) is 1. The number of nitrogens with one attached hydrogen (secondary N) is 1. The van der Waals surface area contributed by atoms with Crippen LogP contribution in [0.5, 0.6) is 11.6 Å². The highest BCUT2D eigenvalue weighted by atomic mass is 32.2. The first-order valence-corrected chi connectivity index (χ1v) is 16.3. The van der Waals surface area contributed by atoms with Crippen LogP contribution in [0.3, 0.4) is 0 Å². The van der Waals surface area contributed by atoms with Crippen molar-refractivity contribution in [2.75, 3.05) is 37.9 Å². The Morgan fingerprint density at radius 2 is 1.70 bits per heavy atom. The van der Waals surface area contributed by atoms with Gasteiger partial charge in [0.15, 0.2) is 0 Å². The van der Waals surface area contributed by atoms with Gasteiger partial charge in [-0.15, -0.1) is 0 Å². The van der Waals surface area contributed by atoms with Crippen molar-refractivity contribution in [1.82, 2.24) is 29.5 Å². The molecule has 5 rings (SSSR count). The number of anilines is 1. The van der Waals surface area contributed by atoms with Crippen molar-refractivity contribution in [3.05, 3.63) is 77.6 Å². The van der Waals surface area contributed by atoms with Crippen LogP contribution in [-0.2, 0) is 36.5 Å². The van der Waals surface area contributed by atoms with E-state index < -0.39 is 10.0 Å². The monoisotopic (exact) mass is 603 g/mol. The summed E-state index contributed by atoms with van der Waals surface area (Å²) in [6.45, 7) is 11.5. The first-order chi connectivity index (χ1) is 20.6. The molecule has 0 atom stereocenters. The Kier molecular flexibility index (Phi) is 9.43. The summed E-state index contributed by atoms with van der Waals surface area (Å²) in [6.07, 6.45) is 4.17. The van der Waals surface area contributed by atoms with Crippen LogP contribution in [0, 0.1) is 5.92 Å². The van der Waals surface area contributed by atoms with Gasteiger partial charge in [-0.05, 0) is 49.1 Å². The highest BCUT2D eigenvalue weighted by Gasteiger charge is 2.23. The number of nitrogens with zero attached hydrogens (tertiary/aromatic N) is 6. The molecule has 1 N–H and O–H groups in total. The molecule has 0 spiro atoms. The third kappa shape index (κ3) is 7.59. The maximum Gasteiger partial charge on any atom is 0.267 e. The largest absolute Gasteiger partial charge is 0.439 e. The molecule has 0 unspecified atom stereocenters. The summed E-state index contributed by atoms with van der Waals surface area (Å²) in [4.78, 5) is 14.2. The summed E-state index contributed by atoms with van der Waals surface area (Å²) in [5.41, 5.74) is 4.74. The Hall–Kier alpha value is -3.80. The van der Waals surface area contributed by atoms with Crippen LogP contribution in [0.4, 0.5) is 5.95 Å². The van der Waals surface area contributed by atoms with Crippen molar-refractivity contribution in [3.63, 3.8) is 0 Å². The lowest BCUT2D eigenvalue weighted by Crippen LogP contribution is -2.43. The molecule has 10 nitrogen and oxygen atoms in total. The minimum Gasteiger partial charge on any atom is -0.439 e. The molecule has 4 aromatic rings. The SMILES string of the molecule is CCc1c(Oc2ccc(CN3CCN(C)CC3)cc2)nc(NS(=O)(=O)c2cnn(C)c2)nc1-c1ccccc1CC(C)C. The van der Waals surface area contributed by atoms with E-state index in [-0.39, 0.29) is 10.8 Å². The second-order valence-corrected chi connectivity index (χ2v) is 13.3. The van der Waals surface area contributed by atoms with E-state index in [2.05, 4.69) is 63.7 Å². The molecule has 1 saturated heterocycles. The number of ether oxygens (including phenoxy) is 1. The lowest BCUT2D eigenvalue weighted by molar-refractivity contribution is 0.148. The molecule has 11 heteroatoms. The Morgan fingerprint density at radius 1 is 0.977 bits per heavy atom. The molecule has 1 fully saturated rings. The van der Waals surface area contributed by atoms with E-state index in [1.807, 2.05) is 37.3 Å². The third-order valence-corrected chi connectivity index (χ3v) is 8.86. The number of benzene rings is 2. The van der Waals surface area contributed by atoms with Gasteiger partial charge < -0.3 is 9.64 Å². The molecule has 0 saturated carbocycles. The van der Waals surface area contributed by atoms with Crippen LogP contribution in [0.25, 0.3) is 11.3 Å². The average Bonchev–Trinajstić information content (AvgIpc) is 3.42. The fourth-order valence-corrected chi connectivity index (χ4v) is 6.19. The molecule has 2 aromatic carbocycles. The second-order valence-electron chi connectivity index (χ2n) is 11.6. The van der Waals surface area contributed by atoms with E-state index in [0.717, 1.165) is 55.8 Å². The summed E-state index contributed by atoms with van der Waals surface area (Å²) in [7, 11) is -0.153. The van der Waals surface area contributed by atoms with Crippen molar-refractivity contribution in [1.29, 1.82) is 0 Å². The predicted molar refractivity (Wildman–Crippen MR) is 169 cm³/mol. The number of rotatable bonds is 11. The zero-order valence-electron chi connectivity index (χ0n) is 25.6. The van der Waals surface area contributed by atoms with Gasteiger partial charge in [0.2, 0.25) is 11.8 Å². The quantitative estimate of drug-likeness (QED) is 0.256. The molecule has 2 aromatic heterocycles. The first kappa shape index (κ1) is 30.7. The van der Waals surface area contributed by atoms with Crippen molar-refractivity contribution >= 4 is 16.0 Å². The minimum absolute atomic E-state index is 0.0262. The minimum atomic E-state index is -3.97. The molecule has 1 aliphatic rings. The van der Waals surface area contributed by atoms with Crippen LogP contribution in [0.1, 0.15) is 37.5 Å². The third-order valence-electron chi connectivity index (χ3n) is 7.58. The molecule has 228 valence electrons. The summed E-state index contributed by atoms with van der Waals surface area (Å²) in [5.74, 6) is 1.31. The highest BCUT2D eigenvalue weighted by Crippen LogP contribution is 2.35. The highest BCUT2D eigenvalue weighted by molar-refractivity contribution is 7.92. The zero-order chi connectivity index (χ0) is 30.6. The number of piperazine rings is 1. The van der Waals surface area contributed by atoms with Gasteiger partial charge >= 0.3 is 0 Å². The van der Waals surface area contributed by atoms with Crippen LogP contribution < -0.4 is 9.46 Å². The van der Waals surface area contributed by atoms with E-state index in [1.165, 1.54) is 22.6 Å². The topological polar surface area (TPSA) is 105 Å². The Bertz CT molecular complexity index is 1640. The second kappa shape index (κ2) is 13.2. The lowest BCUT2D eigenvalue weighted by atomic mass is 9.94. The normalized spacial score (nSPS) is 14.7. The standard InChI is InChI=1S/C32H41N7O3S/c1-6-28-30(29-10-8-7-9-25(29)19-23(2)3)34-32(36-43(40,41)27-20-33-38(5)22-27)35-31(28)42-26-13-11-24(12-14-26)21-39-17-15-37(4)16-18-39/h7-14,20,22-23H,6,15-19,21H2,1-5H3,(H,34,35,36). The van der Waals surface area contributed by atoms with E-state index in [9.17, 15) is 8.42 Å². The first-order valence-electron chi connectivity index (χ1n) is 14.8. The zero-order valence-corrected chi connectivity index (χ0v) is 26.4. The fourth-order valence-electron chi connectivity index (χ4n) is 5.26. The molecule has 0 amide bonds. The smallest absolute Gasteiger partial charge is 0.267 e. The molecule has 0 radical (unpaired) electrons. The molecular weight excluding hydrogens is 562 g/mol. The van der Waals surface area contributed by atoms with Crippen molar-refractivity contribution < 1.29 is 13.2 Å². The van der Waals surface area contributed by atoms with Gasteiger partial charge in [-0.1, -0.05) is 57.2 Å². The number of hydrogen-bond acceptors (Lipinski definition) is 8. The summed E-state index contributed by atoms with van der Waals surface area (Å²) in [6, 6.07) is 16.1. The maximum absolute atomic E-state index is 13.2. The molecule has 0 aliphatic carbocycles. The maximum atomic E-state index is 13.2. The molecule has 0 bridgehead atoms. The summed E-state index contributed by atoms with van der Waals surface area (Å²) < 4.78 is 36.8. The van der Waals surface area contributed by atoms with Crippen LogP contribution in [0.15, 0.2) is 65.8 Å². The number of sulfonamides is 1. The number of aromatic nitrogens is 4. The Labute approximate surface area is 254 Å².